The maximum Gasteiger partial charge on any atom is 0.255 e. The first-order valence-electron chi connectivity index (χ1n) is 7.25. The zero-order valence-electron chi connectivity index (χ0n) is 12.2. The number of carbonyl (C=O) groups excluding carboxylic acids is 1. The van der Waals surface area contributed by atoms with Crippen molar-refractivity contribution in [3.63, 3.8) is 0 Å². The van der Waals surface area contributed by atoms with Crippen LogP contribution < -0.4 is 4.74 Å². The van der Waals surface area contributed by atoms with Gasteiger partial charge in [-0.15, -0.1) is 0 Å². The Morgan fingerprint density at radius 3 is 2.76 bits per heavy atom. The lowest BCUT2D eigenvalue weighted by molar-refractivity contribution is 0.0630. The van der Waals surface area contributed by atoms with Gasteiger partial charge >= 0.3 is 0 Å². The first-order valence-corrected chi connectivity index (χ1v) is 7.25. The van der Waals surface area contributed by atoms with Crippen LogP contribution in [-0.2, 0) is 12.0 Å². The van der Waals surface area contributed by atoms with Crippen LogP contribution in [0, 0.1) is 0 Å². The van der Waals surface area contributed by atoms with E-state index < -0.39 is 0 Å². The summed E-state index contributed by atoms with van der Waals surface area (Å²) in [4.78, 5) is 14.7. The smallest absolute Gasteiger partial charge is 0.255 e. The molecule has 21 heavy (non-hydrogen) atoms. The number of hydrogen-bond donors (Lipinski definition) is 0. The molecule has 1 atom stereocenters. The van der Waals surface area contributed by atoms with E-state index in [1.54, 1.807) is 7.11 Å². The Kier molecular flexibility index (Phi) is 2.43. The van der Waals surface area contributed by atoms with Crippen LogP contribution in [0.2, 0.25) is 0 Å². The number of rotatable bonds is 1. The molecule has 0 fully saturated rings. The molecule has 2 aromatic rings. The van der Waals surface area contributed by atoms with E-state index in [0.717, 1.165) is 29.8 Å². The number of carbonyl (C=O) groups is 1. The van der Waals surface area contributed by atoms with E-state index in [-0.39, 0.29) is 11.4 Å². The second kappa shape index (κ2) is 4.10. The van der Waals surface area contributed by atoms with E-state index in [1.165, 1.54) is 11.1 Å². The minimum Gasteiger partial charge on any atom is -0.497 e. The van der Waals surface area contributed by atoms with Gasteiger partial charge in [0.2, 0.25) is 0 Å². The normalized spacial score (nSPS) is 22.6. The van der Waals surface area contributed by atoms with Gasteiger partial charge in [0.25, 0.3) is 5.91 Å². The van der Waals surface area contributed by atoms with Gasteiger partial charge in [-0.2, -0.15) is 0 Å². The largest absolute Gasteiger partial charge is 0.497 e. The van der Waals surface area contributed by atoms with E-state index in [1.807, 2.05) is 29.2 Å². The van der Waals surface area contributed by atoms with Crippen molar-refractivity contribution in [3.05, 3.63) is 64.7 Å². The summed E-state index contributed by atoms with van der Waals surface area (Å²) in [5.41, 5.74) is 4.04. The lowest BCUT2D eigenvalue weighted by Crippen LogP contribution is -2.47. The van der Waals surface area contributed by atoms with E-state index in [2.05, 4.69) is 25.1 Å². The number of amides is 1. The summed E-state index contributed by atoms with van der Waals surface area (Å²) in [5, 5.41) is 0. The van der Waals surface area contributed by atoms with Gasteiger partial charge in [-0.25, -0.2) is 0 Å². The van der Waals surface area contributed by atoms with Gasteiger partial charge in [0, 0.05) is 12.1 Å². The molecule has 0 aromatic heterocycles. The molecule has 106 valence electrons. The Hall–Kier alpha value is -2.29. The molecule has 0 N–H and O–H groups in total. The standard InChI is InChI=1S/C18H17NO2/c1-18-15-6-4-3-5-14(15)17(20)19(18)10-9-12-7-8-13(21-2)11-16(12)18/h3-8,11H,9-10H2,1-2H3. The second-order valence-electron chi connectivity index (χ2n) is 5.85. The van der Waals surface area contributed by atoms with Crippen LogP contribution in [-0.4, -0.2) is 24.5 Å². The predicted octanol–water partition coefficient (Wildman–Crippen LogP) is 2.97. The van der Waals surface area contributed by atoms with Gasteiger partial charge < -0.3 is 9.64 Å². The average Bonchev–Trinajstić information content (AvgIpc) is 2.76. The Morgan fingerprint density at radius 1 is 1.14 bits per heavy atom. The topological polar surface area (TPSA) is 29.5 Å². The molecular weight excluding hydrogens is 262 g/mol. The van der Waals surface area contributed by atoms with Crippen molar-refractivity contribution in [2.24, 2.45) is 0 Å². The summed E-state index contributed by atoms with van der Waals surface area (Å²) in [7, 11) is 1.68. The van der Waals surface area contributed by atoms with Crippen LogP contribution in [0.1, 0.15) is 34.0 Å². The zero-order valence-corrected chi connectivity index (χ0v) is 12.2. The van der Waals surface area contributed by atoms with E-state index in [0.29, 0.717) is 0 Å². The highest BCUT2D eigenvalue weighted by atomic mass is 16.5. The Bertz CT molecular complexity index is 753. The first-order chi connectivity index (χ1) is 10.2. The molecule has 4 rings (SSSR count). The van der Waals surface area contributed by atoms with Crippen LogP contribution in [0.4, 0.5) is 0 Å². The summed E-state index contributed by atoms with van der Waals surface area (Å²) >= 11 is 0. The fourth-order valence-electron chi connectivity index (χ4n) is 3.79. The minimum atomic E-state index is -0.379. The van der Waals surface area contributed by atoms with Crippen molar-refractivity contribution >= 4 is 5.91 Å². The third kappa shape index (κ3) is 1.46. The molecule has 0 radical (unpaired) electrons. The monoisotopic (exact) mass is 279 g/mol. The third-order valence-electron chi connectivity index (χ3n) is 4.91. The minimum absolute atomic E-state index is 0.140. The van der Waals surface area contributed by atoms with Gasteiger partial charge in [0.05, 0.1) is 12.6 Å². The second-order valence-corrected chi connectivity index (χ2v) is 5.85. The molecule has 2 aromatic carbocycles. The third-order valence-corrected chi connectivity index (χ3v) is 4.91. The molecule has 0 saturated heterocycles. The fourth-order valence-corrected chi connectivity index (χ4v) is 3.79. The lowest BCUT2D eigenvalue weighted by atomic mass is 9.79. The van der Waals surface area contributed by atoms with Crippen LogP contribution in [0.25, 0.3) is 0 Å². The highest BCUT2D eigenvalue weighted by Gasteiger charge is 2.49. The maximum atomic E-state index is 12.7. The molecule has 2 aliphatic heterocycles. The zero-order chi connectivity index (χ0) is 14.6. The molecule has 1 unspecified atom stereocenters. The van der Waals surface area contributed by atoms with Crippen molar-refractivity contribution < 1.29 is 9.53 Å². The molecule has 0 bridgehead atoms. The Morgan fingerprint density at radius 2 is 1.95 bits per heavy atom. The number of fused-ring (bicyclic) bond motifs is 5. The Labute approximate surface area is 124 Å². The number of nitrogens with zero attached hydrogens (tertiary/aromatic N) is 1. The molecule has 3 heteroatoms. The van der Waals surface area contributed by atoms with Crippen molar-refractivity contribution in [2.75, 3.05) is 13.7 Å². The summed E-state index contributed by atoms with van der Waals surface area (Å²) in [6, 6.07) is 14.2. The highest BCUT2D eigenvalue weighted by molar-refractivity contribution is 6.01. The average molecular weight is 279 g/mol. The Balaban J connectivity index is 2.01. The van der Waals surface area contributed by atoms with Gasteiger partial charge in [0.1, 0.15) is 5.75 Å². The highest BCUT2D eigenvalue weighted by Crippen LogP contribution is 2.48. The predicted molar refractivity (Wildman–Crippen MR) is 80.6 cm³/mol. The van der Waals surface area contributed by atoms with E-state index >= 15 is 0 Å². The van der Waals surface area contributed by atoms with Crippen molar-refractivity contribution in [2.45, 2.75) is 18.9 Å². The van der Waals surface area contributed by atoms with E-state index in [4.69, 9.17) is 4.74 Å². The molecule has 3 nitrogen and oxygen atoms in total. The van der Waals surface area contributed by atoms with E-state index in [9.17, 15) is 4.79 Å². The van der Waals surface area contributed by atoms with Crippen molar-refractivity contribution in [3.8, 4) is 5.75 Å². The molecule has 0 aliphatic carbocycles. The summed E-state index contributed by atoms with van der Waals surface area (Å²) in [6.45, 7) is 2.91. The van der Waals surface area contributed by atoms with Gasteiger partial charge in [-0.1, -0.05) is 24.3 Å². The molecule has 1 amide bonds. The number of hydrogen-bond acceptors (Lipinski definition) is 2. The summed E-state index contributed by atoms with van der Waals surface area (Å²) in [6.07, 6.45) is 0.897. The first kappa shape index (κ1) is 12.5. The van der Waals surface area contributed by atoms with Crippen molar-refractivity contribution in [1.82, 2.24) is 4.90 Å². The quantitative estimate of drug-likeness (QED) is 0.803. The lowest BCUT2D eigenvalue weighted by Gasteiger charge is -2.42. The molecule has 0 spiro atoms. The van der Waals surface area contributed by atoms with Crippen LogP contribution in [0.3, 0.4) is 0 Å². The molecular formula is C18H17NO2. The van der Waals surface area contributed by atoms with Gasteiger partial charge in [0.15, 0.2) is 0 Å². The fraction of sp³-hybridized carbons (Fsp3) is 0.278. The number of methoxy groups -OCH3 is 1. The number of benzene rings is 2. The maximum absolute atomic E-state index is 12.7. The molecule has 2 heterocycles. The van der Waals surface area contributed by atoms with Crippen LogP contribution in [0.5, 0.6) is 5.75 Å². The molecule has 0 saturated carbocycles. The van der Waals surface area contributed by atoms with Gasteiger partial charge in [-0.05, 0) is 48.2 Å². The van der Waals surface area contributed by atoms with Crippen molar-refractivity contribution in [1.29, 1.82) is 0 Å². The summed E-state index contributed by atoms with van der Waals surface area (Å²) < 4.78 is 5.39. The summed E-state index contributed by atoms with van der Waals surface area (Å²) in [5.74, 6) is 0.982. The molecule has 2 aliphatic rings. The van der Waals surface area contributed by atoms with Gasteiger partial charge in [-0.3, -0.25) is 4.79 Å². The van der Waals surface area contributed by atoms with Crippen LogP contribution >= 0.6 is 0 Å². The number of ether oxygens (including phenoxy) is 1. The van der Waals surface area contributed by atoms with Crippen LogP contribution in [0.15, 0.2) is 42.5 Å². The SMILES string of the molecule is COc1ccc2c(c1)C1(C)c3ccccc3C(=O)N1CC2.